The molecule has 2 nitrogen and oxygen atoms in total. The molecule has 82 valence electrons. The molecular formula is C12H22O2. The van der Waals surface area contributed by atoms with Crippen LogP contribution in [0.15, 0.2) is 0 Å². The van der Waals surface area contributed by atoms with Gasteiger partial charge in [-0.15, -0.1) is 0 Å². The smallest absolute Gasteiger partial charge is 0.303 e. The predicted molar refractivity (Wildman–Crippen MR) is 57.2 cm³/mol. The molecule has 2 heteroatoms. The van der Waals surface area contributed by atoms with Gasteiger partial charge in [0.25, 0.3) is 0 Å². The Kier molecular flexibility index (Phi) is 4.99. The van der Waals surface area contributed by atoms with Gasteiger partial charge in [0.05, 0.1) is 0 Å². The molecule has 1 unspecified atom stereocenters. The lowest BCUT2D eigenvalue weighted by Gasteiger charge is -2.15. The van der Waals surface area contributed by atoms with E-state index >= 15 is 0 Å². The van der Waals surface area contributed by atoms with Crippen molar-refractivity contribution in [1.29, 1.82) is 0 Å². The van der Waals surface area contributed by atoms with Crippen LogP contribution >= 0.6 is 0 Å². The Labute approximate surface area is 86.7 Å². The maximum absolute atomic E-state index is 10.6. The van der Waals surface area contributed by atoms with Crippen molar-refractivity contribution < 1.29 is 9.90 Å². The van der Waals surface area contributed by atoms with Crippen molar-refractivity contribution in [3.8, 4) is 0 Å². The van der Waals surface area contributed by atoms with E-state index < -0.39 is 5.97 Å². The summed E-state index contributed by atoms with van der Waals surface area (Å²) in [4.78, 5) is 10.6. The van der Waals surface area contributed by atoms with E-state index in [9.17, 15) is 4.79 Å². The lowest BCUT2D eigenvalue weighted by Crippen LogP contribution is -2.08. The Morgan fingerprint density at radius 2 is 2.07 bits per heavy atom. The minimum Gasteiger partial charge on any atom is -0.481 e. The maximum atomic E-state index is 10.6. The molecule has 0 aromatic heterocycles. The molecule has 1 aliphatic rings. The highest BCUT2D eigenvalue weighted by Crippen LogP contribution is 2.30. The normalized spacial score (nSPS) is 19.8. The summed E-state index contributed by atoms with van der Waals surface area (Å²) in [6, 6.07) is 0. The van der Waals surface area contributed by atoms with Crippen LogP contribution in [0.25, 0.3) is 0 Å². The van der Waals surface area contributed by atoms with Crippen molar-refractivity contribution >= 4 is 5.97 Å². The number of carboxylic acid groups (broad SMARTS) is 1. The van der Waals surface area contributed by atoms with Gasteiger partial charge in [-0.05, 0) is 18.3 Å². The molecule has 0 heterocycles. The van der Waals surface area contributed by atoms with E-state index in [2.05, 4.69) is 6.92 Å². The lowest BCUT2D eigenvalue weighted by molar-refractivity contribution is -0.138. The number of carboxylic acids is 1. The highest BCUT2D eigenvalue weighted by molar-refractivity contribution is 5.66. The van der Waals surface area contributed by atoms with Crippen LogP contribution in [-0.2, 0) is 4.79 Å². The minimum absolute atomic E-state index is 0.364. The van der Waals surface area contributed by atoms with E-state index in [1.54, 1.807) is 0 Å². The van der Waals surface area contributed by atoms with Gasteiger partial charge in [-0.25, -0.2) is 0 Å². The largest absolute Gasteiger partial charge is 0.481 e. The second kappa shape index (κ2) is 6.05. The number of hydrogen-bond acceptors (Lipinski definition) is 1. The first-order chi connectivity index (χ1) is 6.72. The summed E-state index contributed by atoms with van der Waals surface area (Å²) in [7, 11) is 0. The fraction of sp³-hybridized carbons (Fsp3) is 0.917. The van der Waals surface area contributed by atoms with Crippen molar-refractivity contribution in [2.45, 2.75) is 58.3 Å². The lowest BCUT2D eigenvalue weighted by atomic mass is 9.91. The molecule has 0 aromatic rings. The fourth-order valence-corrected chi connectivity index (χ4v) is 2.47. The third-order valence-electron chi connectivity index (χ3n) is 3.50. The van der Waals surface area contributed by atoms with E-state index in [0.29, 0.717) is 12.3 Å². The molecule has 0 aliphatic heterocycles. The zero-order chi connectivity index (χ0) is 10.4. The summed E-state index contributed by atoms with van der Waals surface area (Å²) in [6.07, 6.45) is 9.29. The maximum Gasteiger partial charge on any atom is 0.303 e. The third-order valence-corrected chi connectivity index (χ3v) is 3.50. The van der Waals surface area contributed by atoms with Crippen LogP contribution in [0.3, 0.4) is 0 Å². The Balaban J connectivity index is 2.15. The highest BCUT2D eigenvalue weighted by atomic mass is 16.4. The summed E-state index contributed by atoms with van der Waals surface area (Å²) in [5.41, 5.74) is 0. The SMILES string of the molecule is CCC(CCC1CCCC1)CC(=O)O. The van der Waals surface area contributed by atoms with Gasteiger partial charge in [0, 0.05) is 6.42 Å². The van der Waals surface area contributed by atoms with Crippen molar-refractivity contribution in [2.75, 3.05) is 0 Å². The highest BCUT2D eigenvalue weighted by Gasteiger charge is 2.17. The molecule has 0 saturated heterocycles. The van der Waals surface area contributed by atoms with E-state index in [1.807, 2.05) is 0 Å². The first-order valence-corrected chi connectivity index (χ1v) is 5.94. The van der Waals surface area contributed by atoms with Gasteiger partial charge >= 0.3 is 5.97 Å². The molecule has 0 spiro atoms. The zero-order valence-corrected chi connectivity index (χ0v) is 9.17. The predicted octanol–water partition coefficient (Wildman–Crippen LogP) is 3.46. The molecule has 1 aliphatic carbocycles. The van der Waals surface area contributed by atoms with Crippen LogP contribution in [0, 0.1) is 11.8 Å². The topological polar surface area (TPSA) is 37.3 Å². The Bertz CT molecular complexity index is 171. The number of rotatable bonds is 6. The summed E-state index contributed by atoms with van der Waals surface area (Å²) in [5.74, 6) is 0.675. The minimum atomic E-state index is -0.636. The van der Waals surface area contributed by atoms with Crippen LogP contribution in [0.2, 0.25) is 0 Å². The quantitative estimate of drug-likeness (QED) is 0.709. The van der Waals surface area contributed by atoms with Crippen molar-refractivity contribution in [3.05, 3.63) is 0 Å². The average Bonchev–Trinajstić information content (AvgIpc) is 2.64. The molecule has 14 heavy (non-hydrogen) atoms. The molecular weight excluding hydrogens is 176 g/mol. The molecule has 1 N–H and O–H groups in total. The van der Waals surface area contributed by atoms with Gasteiger partial charge in [0.2, 0.25) is 0 Å². The van der Waals surface area contributed by atoms with Crippen LogP contribution in [0.4, 0.5) is 0 Å². The monoisotopic (exact) mass is 198 g/mol. The van der Waals surface area contributed by atoms with Gasteiger partial charge in [0.15, 0.2) is 0 Å². The second-order valence-corrected chi connectivity index (χ2v) is 4.60. The van der Waals surface area contributed by atoms with Crippen molar-refractivity contribution in [2.24, 2.45) is 11.8 Å². The summed E-state index contributed by atoms with van der Waals surface area (Å²) in [5, 5.41) is 8.71. The molecule has 1 rings (SSSR count). The van der Waals surface area contributed by atoms with E-state index in [0.717, 1.165) is 18.8 Å². The van der Waals surface area contributed by atoms with E-state index in [1.165, 1.54) is 32.1 Å². The van der Waals surface area contributed by atoms with Crippen molar-refractivity contribution in [1.82, 2.24) is 0 Å². The molecule has 0 bridgehead atoms. The Morgan fingerprint density at radius 3 is 2.57 bits per heavy atom. The van der Waals surface area contributed by atoms with E-state index in [4.69, 9.17) is 5.11 Å². The summed E-state index contributed by atoms with van der Waals surface area (Å²) < 4.78 is 0. The van der Waals surface area contributed by atoms with Gasteiger partial charge < -0.3 is 5.11 Å². The van der Waals surface area contributed by atoms with Crippen LogP contribution in [0.5, 0.6) is 0 Å². The Hall–Kier alpha value is -0.530. The Morgan fingerprint density at radius 1 is 1.43 bits per heavy atom. The first-order valence-electron chi connectivity index (χ1n) is 5.94. The number of aliphatic carboxylic acids is 1. The summed E-state index contributed by atoms with van der Waals surface area (Å²) in [6.45, 7) is 2.10. The van der Waals surface area contributed by atoms with Gasteiger partial charge in [-0.3, -0.25) is 4.79 Å². The van der Waals surface area contributed by atoms with Gasteiger partial charge in [0.1, 0.15) is 0 Å². The molecule has 1 atom stereocenters. The molecule has 0 aromatic carbocycles. The van der Waals surface area contributed by atoms with Gasteiger partial charge in [-0.1, -0.05) is 45.4 Å². The summed E-state index contributed by atoms with van der Waals surface area (Å²) >= 11 is 0. The first kappa shape index (κ1) is 11.5. The third kappa shape index (κ3) is 4.12. The van der Waals surface area contributed by atoms with Crippen LogP contribution < -0.4 is 0 Å². The van der Waals surface area contributed by atoms with Gasteiger partial charge in [-0.2, -0.15) is 0 Å². The van der Waals surface area contributed by atoms with Crippen LogP contribution in [-0.4, -0.2) is 11.1 Å². The molecule has 1 saturated carbocycles. The van der Waals surface area contributed by atoms with E-state index in [-0.39, 0.29) is 0 Å². The molecule has 0 radical (unpaired) electrons. The number of hydrogen-bond donors (Lipinski definition) is 1. The molecule has 1 fully saturated rings. The van der Waals surface area contributed by atoms with Crippen LogP contribution in [0.1, 0.15) is 58.3 Å². The molecule has 0 amide bonds. The standard InChI is InChI=1S/C12H22O2/c1-2-10(9-12(13)14)7-8-11-5-3-4-6-11/h10-11H,2-9H2,1H3,(H,13,14). The van der Waals surface area contributed by atoms with Crippen molar-refractivity contribution in [3.63, 3.8) is 0 Å². The second-order valence-electron chi connectivity index (χ2n) is 4.60. The fourth-order valence-electron chi connectivity index (χ4n) is 2.47. The average molecular weight is 198 g/mol. The number of carbonyl (C=O) groups is 1. The zero-order valence-electron chi connectivity index (χ0n) is 9.17.